The molecular formula is C20H19N3O4S. The Labute approximate surface area is 167 Å². The fourth-order valence-corrected chi connectivity index (χ4v) is 3.60. The lowest BCUT2D eigenvalue weighted by atomic mass is 10.0. The first-order chi connectivity index (χ1) is 13.3. The van der Waals surface area contributed by atoms with Crippen molar-refractivity contribution in [2.45, 2.75) is 20.3 Å². The molecule has 0 N–H and O–H groups in total. The molecule has 0 aliphatic rings. The van der Waals surface area contributed by atoms with Crippen molar-refractivity contribution in [2.75, 3.05) is 25.6 Å². The number of carbonyl (C=O) groups is 2. The number of carbonyl (C=O) groups excluding carboxylic acids is 2. The summed E-state index contributed by atoms with van der Waals surface area (Å²) in [7, 11) is 3.62. The Bertz CT molecular complexity index is 1020. The molecule has 0 bridgehead atoms. The average molecular weight is 397 g/mol. The fourth-order valence-electron chi connectivity index (χ4n) is 2.45. The summed E-state index contributed by atoms with van der Waals surface area (Å²) in [5.74, 6) is -0.0131. The molecule has 2 heterocycles. The van der Waals surface area contributed by atoms with Gasteiger partial charge in [0.15, 0.2) is 11.7 Å². The second-order valence-electron chi connectivity index (χ2n) is 6.03. The van der Waals surface area contributed by atoms with E-state index in [9.17, 15) is 20.1 Å². The highest BCUT2D eigenvalue weighted by molar-refractivity contribution is 7.14. The van der Waals surface area contributed by atoms with Crippen LogP contribution in [0.1, 0.15) is 38.4 Å². The minimum Gasteiger partial charge on any atom is -0.462 e. The normalized spacial score (nSPS) is 10.9. The third kappa shape index (κ3) is 4.48. The molecule has 0 aliphatic carbocycles. The molecule has 0 fully saturated rings. The molecule has 0 atom stereocenters. The number of hydrogen-bond acceptors (Lipinski definition) is 8. The van der Waals surface area contributed by atoms with Crippen LogP contribution in [0.15, 0.2) is 22.1 Å². The average Bonchev–Trinajstić information content (AvgIpc) is 3.24. The largest absolute Gasteiger partial charge is 0.462 e. The van der Waals surface area contributed by atoms with Crippen molar-refractivity contribution < 1.29 is 18.7 Å². The zero-order valence-corrected chi connectivity index (χ0v) is 16.8. The molecule has 0 amide bonds. The van der Waals surface area contributed by atoms with E-state index in [1.54, 1.807) is 30.9 Å². The SMILES string of the molecule is CCOC(=O)c1sc(CC(=O)C(C#N)=Cc2ccc(N(C)C)o2)c(C#N)c1C. The Balaban J connectivity index is 2.31. The summed E-state index contributed by atoms with van der Waals surface area (Å²) >= 11 is 1.04. The van der Waals surface area contributed by atoms with E-state index >= 15 is 0 Å². The number of hydrogen-bond donors (Lipinski definition) is 0. The number of rotatable bonds is 7. The van der Waals surface area contributed by atoms with Crippen LogP contribution in [-0.4, -0.2) is 32.5 Å². The second-order valence-corrected chi connectivity index (χ2v) is 7.13. The maximum atomic E-state index is 12.6. The molecule has 0 radical (unpaired) electrons. The molecule has 8 heteroatoms. The number of furan rings is 1. The van der Waals surface area contributed by atoms with E-state index in [0.29, 0.717) is 27.0 Å². The van der Waals surface area contributed by atoms with Gasteiger partial charge in [0, 0.05) is 37.5 Å². The first kappa shape index (κ1) is 20.9. The topological polar surface area (TPSA) is 107 Å². The summed E-state index contributed by atoms with van der Waals surface area (Å²) in [4.78, 5) is 27.1. The number of allylic oxidation sites excluding steroid dienone is 1. The van der Waals surface area contributed by atoms with Crippen LogP contribution in [0.4, 0.5) is 5.88 Å². The number of anilines is 1. The van der Waals surface area contributed by atoms with Crippen LogP contribution in [0.25, 0.3) is 6.08 Å². The summed E-state index contributed by atoms with van der Waals surface area (Å²) in [6.07, 6.45) is 1.21. The summed E-state index contributed by atoms with van der Waals surface area (Å²) < 4.78 is 10.5. The van der Waals surface area contributed by atoms with Crippen LogP contribution in [0, 0.1) is 29.6 Å². The maximum absolute atomic E-state index is 12.6. The Morgan fingerprint density at radius 2 is 2.04 bits per heavy atom. The quantitative estimate of drug-likeness (QED) is 0.400. The van der Waals surface area contributed by atoms with Gasteiger partial charge >= 0.3 is 5.97 Å². The fraction of sp³-hybridized carbons (Fsp3) is 0.300. The van der Waals surface area contributed by atoms with Gasteiger partial charge in [-0.1, -0.05) is 0 Å². The van der Waals surface area contributed by atoms with Crippen molar-refractivity contribution in [3.63, 3.8) is 0 Å². The molecule has 0 saturated heterocycles. The number of esters is 1. The van der Waals surface area contributed by atoms with Gasteiger partial charge in [0.2, 0.25) is 0 Å². The summed E-state index contributed by atoms with van der Waals surface area (Å²) in [5, 5.41) is 18.8. The van der Waals surface area contributed by atoms with E-state index < -0.39 is 11.8 Å². The molecule has 2 aromatic rings. The smallest absolute Gasteiger partial charge is 0.348 e. The molecule has 0 aromatic carbocycles. The Morgan fingerprint density at radius 1 is 1.32 bits per heavy atom. The zero-order chi connectivity index (χ0) is 20.8. The van der Waals surface area contributed by atoms with Crippen molar-refractivity contribution in [3.05, 3.63) is 44.3 Å². The standard InChI is InChI=1S/C20H19N3O4S/c1-5-26-20(25)19-12(2)15(11-22)17(28-19)9-16(24)13(10-21)8-14-6-7-18(27-14)23(3)4/h6-8H,5,9H2,1-4H3. The molecule has 28 heavy (non-hydrogen) atoms. The minimum absolute atomic E-state index is 0.0905. The van der Waals surface area contributed by atoms with Gasteiger partial charge in [-0.05, 0) is 25.5 Å². The van der Waals surface area contributed by atoms with E-state index in [4.69, 9.17) is 9.15 Å². The second kappa shape index (κ2) is 9.03. The van der Waals surface area contributed by atoms with Crippen LogP contribution in [0.2, 0.25) is 0 Å². The predicted molar refractivity (Wildman–Crippen MR) is 105 cm³/mol. The lowest BCUT2D eigenvalue weighted by Crippen LogP contribution is -2.06. The molecule has 2 aromatic heterocycles. The summed E-state index contributed by atoms with van der Waals surface area (Å²) in [6.45, 7) is 3.55. The van der Waals surface area contributed by atoms with Gasteiger partial charge in [0.25, 0.3) is 0 Å². The van der Waals surface area contributed by atoms with Crippen LogP contribution >= 0.6 is 11.3 Å². The third-order valence-electron chi connectivity index (χ3n) is 3.87. The van der Waals surface area contributed by atoms with E-state index in [-0.39, 0.29) is 24.2 Å². The van der Waals surface area contributed by atoms with Crippen LogP contribution < -0.4 is 4.90 Å². The minimum atomic E-state index is -0.525. The first-order valence-corrected chi connectivity index (χ1v) is 9.25. The number of thiophene rings is 1. The van der Waals surface area contributed by atoms with Gasteiger partial charge in [-0.25, -0.2) is 4.79 Å². The molecule has 7 nitrogen and oxygen atoms in total. The van der Waals surface area contributed by atoms with Crippen molar-refractivity contribution >= 4 is 35.0 Å². The Morgan fingerprint density at radius 3 is 2.57 bits per heavy atom. The van der Waals surface area contributed by atoms with Crippen LogP contribution in [0.3, 0.4) is 0 Å². The lowest BCUT2D eigenvalue weighted by Gasteiger charge is -2.05. The van der Waals surface area contributed by atoms with Crippen molar-refractivity contribution in [1.29, 1.82) is 10.5 Å². The first-order valence-electron chi connectivity index (χ1n) is 8.44. The molecule has 0 saturated carbocycles. The van der Waals surface area contributed by atoms with Gasteiger partial charge < -0.3 is 14.1 Å². The Kier molecular flexibility index (Phi) is 6.75. The molecule has 2 rings (SSSR count). The number of nitriles is 2. The molecular weight excluding hydrogens is 378 g/mol. The highest BCUT2D eigenvalue weighted by Gasteiger charge is 2.23. The summed E-state index contributed by atoms with van der Waals surface area (Å²) in [6, 6.07) is 7.30. The summed E-state index contributed by atoms with van der Waals surface area (Å²) in [5.41, 5.74) is 0.664. The van der Waals surface area contributed by atoms with Gasteiger partial charge in [-0.2, -0.15) is 10.5 Å². The van der Waals surface area contributed by atoms with Gasteiger partial charge in [0.1, 0.15) is 22.8 Å². The molecule has 144 valence electrons. The van der Waals surface area contributed by atoms with E-state index in [1.807, 2.05) is 26.2 Å². The molecule has 0 aliphatic heterocycles. The van der Waals surface area contributed by atoms with E-state index in [1.165, 1.54) is 6.08 Å². The highest BCUT2D eigenvalue weighted by atomic mass is 32.1. The van der Waals surface area contributed by atoms with Crippen molar-refractivity contribution in [3.8, 4) is 12.1 Å². The van der Waals surface area contributed by atoms with Crippen LogP contribution in [0.5, 0.6) is 0 Å². The lowest BCUT2D eigenvalue weighted by molar-refractivity contribution is -0.114. The monoisotopic (exact) mass is 397 g/mol. The van der Waals surface area contributed by atoms with Gasteiger partial charge in [-0.15, -0.1) is 11.3 Å². The number of ether oxygens (including phenoxy) is 1. The van der Waals surface area contributed by atoms with Gasteiger partial charge in [0.05, 0.1) is 17.7 Å². The van der Waals surface area contributed by atoms with E-state index in [0.717, 1.165) is 11.3 Å². The zero-order valence-electron chi connectivity index (χ0n) is 16.0. The number of Topliss-reactive ketones (excluding diaryl/α,β-unsaturated/α-hetero) is 1. The molecule has 0 unspecified atom stereocenters. The number of ketones is 1. The number of nitrogens with zero attached hydrogens (tertiary/aromatic N) is 3. The predicted octanol–water partition coefficient (Wildman–Crippen LogP) is 3.48. The molecule has 0 spiro atoms. The highest BCUT2D eigenvalue weighted by Crippen LogP contribution is 2.30. The maximum Gasteiger partial charge on any atom is 0.348 e. The van der Waals surface area contributed by atoms with Gasteiger partial charge in [-0.3, -0.25) is 4.79 Å². The van der Waals surface area contributed by atoms with E-state index in [2.05, 4.69) is 0 Å². The van der Waals surface area contributed by atoms with Crippen LogP contribution in [-0.2, 0) is 16.0 Å². The van der Waals surface area contributed by atoms with Crippen molar-refractivity contribution in [2.24, 2.45) is 0 Å². The van der Waals surface area contributed by atoms with Crippen molar-refractivity contribution in [1.82, 2.24) is 0 Å². The third-order valence-corrected chi connectivity index (χ3v) is 5.15. The Hall–Kier alpha value is -3.36.